The summed E-state index contributed by atoms with van der Waals surface area (Å²) in [4.78, 5) is 2.26. The van der Waals surface area contributed by atoms with E-state index >= 15 is 0 Å². The molecule has 0 saturated carbocycles. The van der Waals surface area contributed by atoms with Crippen molar-refractivity contribution < 1.29 is 4.39 Å². The van der Waals surface area contributed by atoms with Crippen LogP contribution >= 0.6 is 11.6 Å². The van der Waals surface area contributed by atoms with E-state index in [1.807, 2.05) is 0 Å². The molecular formula is C14H20ClFN2. The fourth-order valence-corrected chi connectivity index (χ4v) is 2.89. The zero-order chi connectivity index (χ0) is 13.5. The summed E-state index contributed by atoms with van der Waals surface area (Å²) >= 11 is 5.98. The van der Waals surface area contributed by atoms with Gasteiger partial charge in [0.1, 0.15) is 5.82 Å². The molecule has 1 aliphatic rings. The first-order valence-corrected chi connectivity index (χ1v) is 6.66. The van der Waals surface area contributed by atoms with Crippen molar-refractivity contribution in [2.75, 3.05) is 6.54 Å². The molecule has 2 atom stereocenters. The van der Waals surface area contributed by atoms with Gasteiger partial charge in [-0.1, -0.05) is 11.6 Å². The highest BCUT2D eigenvalue weighted by Crippen LogP contribution is 2.38. The molecule has 1 fully saturated rings. The van der Waals surface area contributed by atoms with Crippen LogP contribution in [0.5, 0.6) is 0 Å². The van der Waals surface area contributed by atoms with Crippen LogP contribution in [0.1, 0.15) is 38.8 Å². The molecule has 2 rings (SSSR count). The molecule has 2 unspecified atom stereocenters. The van der Waals surface area contributed by atoms with E-state index in [4.69, 9.17) is 17.3 Å². The first-order valence-electron chi connectivity index (χ1n) is 6.28. The van der Waals surface area contributed by atoms with E-state index < -0.39 is 0 Å². The van der Waals surface area contributed by atoms with E-state index in [1.54, 1.807) is 12.1 Å². The maximum Gasteiger partial charge on any atom is 0.128 e. The minimum atomic E-state index is -0.226. The highest BCUT2D eigenvalue weighted by atomic mass is 35.5. The fraction of sp³-hybridized carbons (Fsp3) is 0.571. The van der Waals surface area contributed by atoms with Gasteiger partial charge in [-0.3, -0.25) is 4.90 Å². The molecule has 0 amide bonds. The van der Waals surface area contributed by atoms with Crippen LogP contribution < -0.4 is 5.73 Å². The van der Waals surface area contributed by atoms with Crippen LogP contribution in [0.25, 0.3) is 0 Å². The molecule has 0 aromatic heterocycles. The molecule has 0 radical (unpaired) electrons. The minimum Gasteiger partial charge on any atom is -0.326 e. The largest absolute Gasteiger partial charge is 0.326 e. The Kier molecular flexibility index (Phi) is 3.67. The van der Waals surface area contributed by atoms with Gasteiger partial charge in [0.15, 0.2) is 0 Å². The maximum absolute atomic E-state index is 14.0. The van der Waals surface area contributed by atoms with Gasteiger partial charge in [0, 0.05) is 28.7 Å². The van der Waals surface area contributed by atoms with Crippen molar-refractivity contribution >= 4 is 11.6 Å². The van der Waals surface area contributed by atoms with Crippen molar-refractivity contribution in [2.24, 2.45) is 5.73 Å². The lowest BCUT2D eigenvalue weighted by molar-refractivity contribution is 0.115. The molecule has 100 valence electrons. The van der Waals surface area contributed by atoms with Gasteiger partial charge in [-0.2, -0.15) is 0 Å². The van der Waals surface area contributed by atoms with E-state index in [2.05, 4.69) is 25.7 Å². The smallest absolute Gasteiger partial charge is 0.128 e. The van der Waals surface area contributed by atoms with Crippen molar-refractivity contribution in [1.82, 2.24) is 4.90 Å². The number of hydrogen-bond acceptors (Lipinski definition) is 2. The molecule has 1 aromatic carbocycles. The van der Waals surface area contributed by atoms with Crippen molar-refractivity contribution in [2.45, 2.75) is 44.8 Å². The fourth-order valence-electron chi connectivity index (χ4n) is 2.71. The Bertz CT molecular complexity index is 442. The maximum atomic E-state index is 14.0. The van der Waals surface area contributed by atoms with Crippen LogP contribution in [0, 0.1) is 5.82 Å². The monoisotopic (exact) mass is 270 g/mol. The number of benzene rings is 1. The molecule has 2 N–H and O–H groups in total. The van der Waals surface area contributed by atoms with Gasteiger partial charge in [-0.05, 0) is 45.4 Å². The van der Waals surface area contributed by atoms with Crippen molar-refractivity contribution in [1.29, 1.82) is 0 Å². The molecule has 1 aliphatic heterocycles. The van der Waals surface area contributed by atoms with E-state index in [9.17, 15) is 4.39 Å². The van der Waals surface area contributed by atoms with Crippen LogP contribution in [0.3, 0.4) is 0 Å². The highest BCUT2D eigenvalue weighted by Gasteiger charge is 2.39. The normalized spacial score (nSPS) is 25.7. The summed E-state index contributed by atoms with van der Waals surface area (Å²) in [6, 6.07) is 4.55. The molecule has 1 saturated heterocycles. The van der Waals surface area contributed by atoms with E-state index in [-0.39, 0.29) is 23.4 Å². The second-order valence-corrected chi connectivity index (χ2v) is 6.36. The van der Waals surface area contributed by atoms with Crippen molar-refractivity contribution in [3.05, 3.63) is 34.6 Å². The van der Waals surface area contributed by atoms with Crippen LogP contribution in [0.2, 0.25) is 5.02 Å². The van der Waals surface area contributed by atoms with Crippen molar-refractivity contribution in [3.63, 3.8) is 0 Å². The number of likely N-dealkylation sites (tertiary alicyclic amines) is 1. The van der Waals surface area contributed by atoms with Gasteiger partial charge >= 0.3 is 0 Å². The summed E-state index contributed by atoms with van der Waals surface area (Å²) in [7, 11) is 0. The first-order chi connectivity index (χ1) is 8.30. The Morgan fingerprint density at radius 2 is 2.06 bits per heavy atom. The second-order valence-electron chi connectivity index (χ2n) is 5.93. The van der Waals surface area contributed by atoms with Crippen LogP contribution in [0.4, 0.5) is 4.39 Å². The van der Waals surface area contributed by atoms with E-state index in [1.165, 1.54) is 6.07 Å². The number of halogens is 2. The molecule has 0 aliphatic carbocycles. The van der Waals surface area contributed by atoms with Gasteiger partial charge < -0.3 is 5.73 Å². The van der Waals surface area contributed by atoms with Gasteiger partial charge in [0.05, 0.1) is 6.04 Å². The molecule has 0 spiro atoms. The topological polar surface area (TPSA) is 29.3 Å². The number of hydrogen-bond donors (Lipinski definition) is 1. The molecular weight excluding hydrogens is 251 g/mol. The zero-order valence-corrected chi connectivity index (χ0v) is 11.8. The average molecular weight is 271 g/mol. The highest BCUT2D eigenvalue weighted by molar-refractivity contribution is 6.30. The van der Waals surface area contributed by atoms with Crippen LogP contribution in [0.15, 0.2) is 18.2 Å². The first kappa shape index (κ1) is 13.8. The third kappa shape index (κ3) is 2.53. The van der Waals surface area contributed by atoms with E-state index in [0.717, 1.165) is 13.0 Å². The Balaban J connectivity index is 2.43. The molecule has 4 heteroatoms. The van der Waals surface area contributed by atoms with Crippen LogP contribution in [-0.2, 0) is 0 Å². The van der Waals surface area contributed by atoms with Crippen LogP contribution in [-0.4, -0.2) is 23.0 Å². The summed E-state index contributed by atoms with van der Waals surface area (Å²) in [5.41, 5.74) is 6.74. The molecule has 0 bridgehead atoms. The Labute approximate surface area is 113 Å². The predicted molar refractivity (Wildman–Crippen MR) is 73.2 cm³/mol. The number of nitrogens with two attached hydrogens (primary N) is 1. The molecule has 1 heterocycles. The minimum absolute atomic E-state index is 0.0342. The summed E-state index contributed by atoms with van der Waals surface area (Å²) in [6.07, 6.45) is 0.883. The lowest BCUT2D eigenvalue weighted by Crippen LogP contribution is -2.43. The molecule has 18 heavy (non-hydrogen) atoms. The molecule has 1 aromatic rings. The van der Waals surface area contributed by atoms with Gasteiger partial charge in [0.25, 0.3) is 0 Å². The Morgan fingerprint density at radius 1 is 1.39 bits per heavy atom. The SMILES string of the molecule is CC(C)(C)N1CCC(N)C1c1cc(Cl)ccc1F. The van der Waals surface area contributed by atoms with E-state index in [0.29, 0.717) is 10.6 Å². The molecule has 2 nitrogen and oxygen atoms in total. The summed E-state index contributed by atoms with van der Waals surface area (Å²) in [5.74, 6) is -0.226. The predicted octanol–water partition coefficient (Wildman–Crippen LogP) is 3.35. The lowest BCUT2D eigenvalue weighted by Gasteiger charge is -2.38. The Morgan fingerprint density at radius 3 is 2.67 bits per heavy atom. The number of rotatable bonds is 1. The van der Waals surface area contributed by atoms with Gasteiger partial charge in [0.2, 0.25) is 0 Å². The lowest BCUT2D eigenvalue weighted by atomic mass is 9.96. The summed E-state index contributed by atoms with van der Waals surface area (Å²) < 4.78 is 14.0. The standard InChI is InChI=1S/C14H20ClFN2/c1-14(2,3)18-7-6-12(17)13(18)10-8-9(15)4-5-11(10)16/h4-5,8,12-13H,6-7,17H2,1-3H3. The average Bonchev–Trinajstić information content (AvgIpc) is 2.63. The Hall–Kier alpha value is -0.640. The third-order valence-electron chi connectivity index (χ3n) is 3.58. The van der Waals surface area contributed by atoms with Gasteiger partial charge in [-0.15, -0.1) is 0 Å². The van der Waals surface area contributed by atoms with Crippen molar-refractivity contribution in [3.8, 4) is 0 Å². The zero-order valence-electron chi connectivity index (χ0n) is 11.1. The number of nitrogens with zero attached hydrogens (tertiary/aromatic N) is 1. The quantitative estimate of drug-likeness (QED) is 0.848. The summed E-state index contributed by atoms with van der Waals surface area (Å²) in [6.45, 7) is 7.27. The summed E-state index contributed by atoms with van der Waals surface area (Å²) in [5, 5.41) is 0.555. The van der Waals surface area contributed by atoms with Gasteiger partial charge in [-0.25, -0.2) is 4.39 Å². The third-order valence-corrected chi connectivity index (χ3v) is 3.82. The second kappa shape index (κ2) is 4.80.